The van der Waals surface area contributed by atoms with Crippen LogP contribution < -0.4 is 16.0 Å². The molecule has 1 fully saturated rings. The van der Waals surface area contributed by atoms with Crippen LogP contribution in [0.4, 0.5) is 0 Å². The first-order valence-electron chi connectivity index (χ1n) is 14.6. The van der Waals surface area contributed by atoms with Gasteiger partial charge in [0.15, 0.2) is 5.76 Å². The van der Waals surface area contributed by atoms with Crippen LogP contribution in [0.2, 0.25) is 0 Å². The van der Waals surface area contributed by atoms with Gasteiger partial charge >= 0.3 is 5.97 Å². The summed E-state index contributed by atoms with van der Waals surface area (Å²) in [5.41, 5.74) is 3.47. The Morgan fingerprint density at radius 3 is 2.51 bits per heavy atom. The van der Waals surface area contributed by atoms with E-state index in [0.29, 0.717) is 17.0 Å². The highest BCUT2D eigenvalue weighted by atomic mass is 16.5. The zero-order valence-corrected chi connectivity index (χ0v) is 24.5. The number of aromatic nitrogens is 2. The monoisotopic (exact) mass is 605 g/mol. The average Bonchev–Trinajstić information content (AvgIpc) is 3.61. The third-order valence-electron chi connectivity index (χ3n) is 7.54. The first-order valence-corrected chi connectivity index (χ1v) is 14.6. The number of likely N-dealkylation sites (N-methyl/N-ethyl adjacent to an activating group) is 1. The van der Waals surface area contributed by atoms with Crippen LogP contribution in [0.25, 0.3) is 17.0 Å². The van der Waals surface area contributed by atoms with Crippen molar-refractivity contribution < 1.29 is 28.3 Å². The summed E-state index contributed by atoms with van der Waals surface area (Å²) in [7, 11) is 1.55. The third kappa shape index (κ3) is 6.93. The molecule has 5 aromatic rings. The lowest BCUT2D eigenvalue weighted by Gasteiger charge is -2.15. The second kappa shape index (κ2) is 12.9. The molecule has 45 heavy (non-hydrogen) atoms. The Balaban J connectivity index is 1.06. The first kappa shape index (κ1) is 29.4. The number of pyridine rings is 1. The molecule has 0 spiro atoms. The highest BCUT2D eigenvalue weighted by Crippen LogP contribution is 2.33. The van der Waals surface area contributed by atoms with Gasteiger partial charge in [0, 0.05) is 31.5 Å². The van der Waals surface area contributed by atoms with Crippen molar-refractivity contribution in [2.75, 3.05) is 7.05 Å². The number of nitrogens with zero attached hydrogens (tertiary/aromatic N) is 2. The number of furan rings is 1. The van der Waals surface area contributed by atoms with Crippen LogP contribution in [-0.4, -0.2) is 46.2 Å². The highest BCUT2D eigenvalue weighted by molar-refractivity contribution is 5.96. The Morgan fingerprint density at radius 1 is 0.933 bits per heavy atom. The van der Waals surface area contributed by atoms with Gasteiger partial charge < -0.3 is 29.5 Å². The van der Waals surface area contributed by atoms with Crippen LogP contribution in [0.5, 0.6) is 0 Å². The molecular weight excluding hydrogens is 574 g/mol. The number of esters is 1. The van der Waals surface area contributed by atoms with E-state index in [-0.39, 0.29) is 42.3 Å². The quantitative estimate of drug-likeness (QED) is 0.192. The molecule has 11 heteroatoms. The van der Waals surface area contributed by atoms with Gasteiger partial charge in [-0.15, -0.1) is 0 Å². The Bertz CT molecular complexity index is 1870. The van der Waals surface area contributed by atoms with Crippen LogP contribution in [0.1, 0.15) is 55.4 Å². The molecule has 1 atom stereocenters. The Kier molecular flexibility index (Phi) is 8.41. The number of hydrogen-bond donors (Lipinski definition) is 3. The van der Waals surface area contributed by atoms with Crippen LogP contribution in [0.15, 0.2) is 95.7 Å². The predicted octanol–water partition coefficient (Wildman–Crippen LogP) is 4.14. The van der Waals surface area contributed by atoms with E-state index in [2.05, 4.69) is 20.9 Å². The summed E-state index contributed by atoms with van der Waals surface area (Å²) in [5.74, 6) is -0.796. The molecule has 1 aliphatic carbocycles. The minimum absolute atomic E-state index is 0.109. The molecule has 0 aliphatic heterocycles. The van der Waals surface area contributed by atoms with Gasteiger partial charge in [-0.05, 0) is 60.2 Å². The number of amides is 3. The molecule has 1 aliphatic rings. The first-order chi connectivity index (χ1) is 21.9. The van der Waals surface area contributed by atoms with Gasteiger partial charge in [0.05, 0.1) is 5.56 Å². The zero-order chi connectivity index (χ0) is 31.3. The largest absolute Gasteiger partial charge is 0.457 e. The summed E-state index contributed by atoms with van der Waals surface area (Å²) in [5, 5.41) is 8.24. The van der Waals surface area contributed by atoms with Crippen LogP contribution in [-0.2, 0) is 22.7 Å². The second-order valence-electron chi connectivity index (χ2n) is 10.8. The van der Waals surface area contributed by atoms with E-state index in [0.717, 1.165) is 29.5 Å². The van der Waals surface area contributed by atoms with Crippen LogP contribution in [0, 0.1) is 5.92 Å². The van der Waals surface area contributed by atoms with E-state index in [1.165, 1.54) is 0 Å². The molecule has 11 nitrogen and oxygen atoms in total. The standard InChI is InChI=1S/C34H31N5O6/c1-35-33(42)30(23-10-11-23)38-32(41)28-14-13-27(45-28)24-9-5-8-22(16-24)17-36-31(40)26-19-39-18-25(12-15-29(39)37-26)34(43)44-20-21-6-3-2-4-7-21/h2-9,12-16,18-19,23,30H,10-11,17,20H2,1H3,(H,35,42)(H,36,40)(H,38,41)/t30-/m0/s1. The summed E-state index contributed by atoms with van der Waals surface area (Å²) in [6.07, 6.45) is 4.94. The summed E-state index contributed by atoms with van der Waals surface area (Å²) in [4.78, 5) is 54.8. The normalized spacial score (nSPS) is 13.2. The molecule has 6 rings (SSSR count). The van der Waals surface area contributed by atoms with Crippen molar-refractivity contribution in [2.45, 2.75) is 32.0 Å². The van der Waals surface area contributed by atoms with E-state index < -0.39 is 17.9 Å². The Morgan fingerprint density at radius 2 is 1.73 bits per heavy atom. The fraction of sp³-hybridized carbons (Fsp3) is 0.206. The number of fused-ring (bicyclic) bond motifs is 1. The maximum Gasteiger partial charge on any atom is 0.339 e. The molecule has 1 saturated carbocycles. The minimum Gasteiger partial charge on any atom is -0.457 e. The van der Waals surface area contributed by atoms with Crippen LogP contribution >= 0.6 is 0 Å². The molecule has 0 bridgehead atoms. The van der Waals surface area contributed by atoms with E-state index in [4.69, 9.17) is 9.15 Å². The van der Waals surface area contributed by atoms with Gasteiger partial charge in [-0.3, -0.25) is 14.4 Å². The number of ether oxygens (including phenoxy) is 1. The van der Waals surface area contributed by atoms with Gasteiger partial charge in [-0.2, -0.15) is 0 Å². The molecule has 0 saturated heterocycles. The van der Waals surface area contributed by atoms with Crippen LogP contribution in [0.3, 0.4) is 0 Å². The number of imidazole rings is 1. The van der Waals surface area contributed by atoms with Crippen molar-refractivity contribution in [2.24, 2.45) is 5.92 Å². The fourth-order valence-corrected chi connectivity index (χ4v) is 4.95. The summed E-state index contributed by atoms with van der Waals surface area (Å²) in [6, 6.07) is 22.7. The number of carbonyl (C=O) groups excluding carboxylic acids is 4. The van der Waals surface area contributed by atoms with Crippen molar-refractivity contribution in [1.29, 1.82) is 0 Å². The maximum atomic E-state index is 12.9. The van der Waals surface area contributed by atoms with E-state index in [1.807, 2.05) is 54.6 Å². The van der Waals surface area contributed by atoms with Gasteiger partial charge in [-0.1, -0.05) is 48.5 Å². The number of carbonyl (C=O) groups is 4. The Labute approximate surface area is 258 Å². The van der Waals surface area contributed by atoms with E-state index >= 15 is 0 Å². The highest BCUT2D eigenvalue weighted by Gasteiger charge is 2.37. The van der Waals surface area contributed by atoms with Gasteiger partial charge in [0.1, 0.15) is 29.8 Å². The van der Waals surface area contributed by atoms with E-state index in [1.54, 1.807) is 48.1 Å². The smallest absolute Gasteiger partial charge is 0.339 e. The lowest BCUT2D eigenvalue weighted by Crippen LogP contribution is -2.47. The van der Waals surface area contributed by atoms with Crippen molar-refractivity contribution in [3.05, 3.63) is 119 Å². The summed E-state index contributed by atoms with van der Waals surface area (Å²) < 4.78 is 12.8. The van der Waals surface area contributed by atoms with Gasteiger partial charge in [0.2, 0.25) is 5.91 Å². The summed E-state index contributed by atoms with van der Waals surface area (Å²) >= 11 is 0. The number of hydrogen-bond acceptors (Lipinski definition) is 7. The van der Waals surface area contributed by atoms with Crippen molar-refractivity contribution in [1.82, 2.24) is 25.3 Å². The molecule has 2 aromatic carbocycles. The fourth-order valence-electron chi connectivity index (χ4n) is 4.95. The summed E-state index contributed by atoms with van der Waals surface area (Å²) in [6.45, 7) is 0.383. The predicted molar refractivity (Wildman–Crippen MR) is 164 cm³/mol. The van der Waals surface area contributed by atoms with Crippen molar-refractivity contribution in [3.8, 4) is 11.3 Å². The number of benzene rings is 2. The van der Waals surface area contributed by atoms with Crippen molar-refractivity contribution >= 4 is 29.3 Å². The van der Waals surface area contributed by atoms with Crippen molar-refractivity contribution in [3.63, 3.8) is 0 Å². The molecule has 0 radical (unpaired) electrons. The lowest BCUT2D eigenvalue weighted by atomic mass is 10.1. The minimum atomic E-state index is -0.584. The molecule has 3 heterocycles. The van der Waals surface area contributed by atoms with Gasteiger partial charge in [0.25, 0.3) is 11.8 Å². The maximum absolute atomic E-state index is 12.9. The Hall–Kier alpha value is -5.71. The number of rotatable bonds is 11. The average molecular weight is 606 g/mol. The molecule has 3 amide bonds. The molecule has 3 N–H and O–H groups in total. The SMILES string of the molecule is CNC(=O)[C@@H](NC(=O)c1ccc(-c2cccc(CNC(=O)c3cn4cc(C(=O)OCc5ccccc5)ccc4n3)c2)o1)C1CC1. The molecule has 228 valence electrons. The third-order valence-corrected chi connectivity index (χ3v) is 7.54. The second-order valence-corrected chi connectivity index (χ2v) is 10.8. The zero-order valence-electron chi connectivity index (χ0n) is 24.5. The topological polar surface area (TPSA) is 144 Å². The molecular formula is C34H31N5O6. The van der Waals surface area contributed by atoms with E-state index in [9.17, 15) is 19.2 Å². The van der Waals surface area contributed by atoms with Gasteiger partial charge in [-0.25, -0.2) is 9.78 Å². The number of nitrogens with one attached hydrogen (secondary N) is 3. The molecule has 0 unspecified atom stereocenters. The molecule has 3 aromatic heterocycles. The lowest BCUT2D eigenvalue weighted by molar-refractivity contribution is -0.122.